The molecule has 0 aliphatic carbocycles. The van der Waals surface area contributed by atoms with Crippen molar-refractivity contribution in [2.24, 2.45) is 0 Å². The molecule has 0 heterocycles. The molecule has 21 heavy (non-hydrogen) atoms. The Morgan fingerprint density at radius 1 is 1.29 bits per heavy atom. The van der Waals surface area contributed by atoms with Crippen LogP contribution in [-0.4, -0.2) is 5.78 Å². The summed E-state index contributed by atoms with van der Waals surface area (Å²) < 4.78 is 27.1. The van der Waals surface area contributed by atoms with Crippen LogP contribution in [0.5, 0.6) is 0 Å². The van der Waals surface area contributed by atoms with Crippen LogP contribution in [0.4, 0.5) is 8.78 Å². The Kier molecular flexibility index (Phi) is 4.71. The first kappa shape index (κ1) is 15.6. The molecule has 2 nitrogen and oxygen atoms in total. The molecule has 0 saturated heterocycles. The minimum Gasteiger partial charge on any atom is -0.292 e. The van der Waals surface area contributed by atoms with Gasteiger partial charge >= 0.3 is 0 Å². The summed E-state index contributed by atoms with van der Waals surface area (Å²) in [5.74, 6) is -3.37. The van der Waals surface area contributed by atoms with E-state index in [0.29, 0.717) is 0 Å². The van der Waals surface area contributed by atoms with E-state index in [1.807, 2.05) is 0 Å². The quantitative estimate of drug-likeness (QED) is 0.723. The summed E-state index contributed by atoms with van der Waals surface area (Å²) in [5, 5.41) is 9.16. The molecule has 1 unspecified atom stereocenters. The first-order chi connectivity index (χ1) is 9.95. The molecule has 0 N–H and O–H groups in total. The molecule has 2 rings (SSSR count). The van der Waals surface area contributed by atoms with Gasteiger partial charge in [-0.2, -0.15) is 5.26 Å². The van der Waals surface area contributed by atoms with Crippen LogP contribution in [0.1, 0.15) is 21.8 Å². The number of rotatable bonds is 3. The van der Waals surface area contributed by atoms with E-state index >= 15 is 0 Å². The second-order valence-electron chi connectivity index (χ2n) is 4.19. The lowest BCUT2D eigenvalue weighted by molar-refractivity contribution is 0.0974. The van der Waals surface area contributed by atoms with E-state index < -0.39 is 23.3 Å². The van der Waals surface area contributed by atoms with Gasteiger partial charge in [-0.15, -0.1) is 0 Å². The van der Waals surface area contributed by atoms with Crippen LogP contribution in [0.15, 0.2) is 40.9 Å². The van der Waals surface area contributed by atoms with Crippen LogP contribution in [0.3, 0.4) is 0 Å². The van der Waals surface area contributed by atoms with Crippen molar-refractivity contribution in [1.29, 1.82) is 5.26 Å². The summed E-state index contributed by atoms with van der Waals surface area (Å²) in [5.41, 5.74) is -0.0822. The molecule has 0 radical (unpaired) electrons. The highest BCUT2D eigenvalue weighted by Crippen LogP contribution is 2.30. The van der Waals surface area contributed by atoms with E-state index in [1.165, 1.54) is 24.3 Å². The van der Waals surface area contributed by atoms with Gasteiger partial charge in [0.15, 0.2) is 5.78 Å². The summed E-state index contributed by atoms with van der Waals surface area (Å²) in [6, 6.07) is 9.35. The Balaban J connectivity index is 2.49. The number of carbonyl (C=O) groups is 1. The van der Waals surface area contributed by atoms with Crippen LogP contribution in [0, 0.1) is 23.0 Å². The third-order valence-corrected chi connectivity index (χ3v) is 3.82. The molecule has 2 aromatic rings. The molecular weight excluding hydrogens is 364 g/mol. The summed E-state index contributed by atoms with van der Waals surface area (Å²) in [6.45, 7) is 0. The number of Topliss-reactive ketones (excluding diaryl/α,β-unsaturated/α-hetero) is 1. The predicted molar refractivity (Wildman–Crippen MR) is 78.2 cm³/mol. The second kappa shape index (κ2) is 6.33. The zero-order chi connectivity index (χ0) is 15.6. The molecule has 0 amide bonds. The van der Waals surface area contributed by atoms with Crippen molar-refractivity contribution in [3.8, 4) is 6.07 Å². The molecule has 0 aromatic heterocycles. The highest BCUT2D eigenvalue weighted by atomic mass is 79.9. The van der Waals surface area contributed by atoms with Crippen LogP contribution in [0.25, 0.3) is 0 Å². The van der Waals surface area contributed by atoms with Gasteiger partial charge in [-0.1, -0.05) is 23.7 Å². The Hall–Kier alpha value is -1.77. The van der Waals surface area contributed by atoms with Gasteiger partial charge in [0.25, 0.3) is 0 Å². The Bertz CT molecular complexity index is 758. The maximum atomic E-state index is 14.0. The molecule has 0 bridgehead atoms. The molecule has 0 aliphatic heterocycles. The van der Waals surface area contributed by atoms with Gasteiger partial charge in [-0.25, -0.2) is 8.78 Å². The van der Waals surface area contributed by atoms with E-state index in [1.54, 1.807) is 6.07 Å². The molecule has 106 valence electrons. The zero-order valence-electron chi connectivity index (χ0n) is 10.4. The maximum absolute atomic E-state index is 14.0. The van der Waals surface area contributed by atoms with Gasteiger partial charge in [-0.05, 0) is 45.8 Å². The molecule has 0 fully saturated rings. The van der Waals surface area contributed by atoms with Crippen molar-refractivity contribution >= 4 is 33.3 Å². The van der Waals surface area contributed by atoms with Gasteiger partial charge in [0.2, 0.25) is 0 Å². The van der Waals surface area contributed by atoms with Gasteiger partial charge < -0.3 is 0 Å². The Labute approximate surface area is 133 Å². The van der Waals surface area contributed by atoms with E-state index in [9.17, 15) is 18.8 Å². The fourth-order valence-electron chi connectivity index (χ4n) is 1.85. The van der Waals surface area contributed by atoms with Crippen molar-refractivity contribution in [2.75, 3.05) is 0 Å². The smallest absolute Gasteiger partial charge is 0.187 e. The van der Waals surface area contributed by atoms with Crippen molar-refractivity contribution < 1.29 is 13.6 Å². The number of nitriles is 1. The largest absolute Gasteiger partial charge is 0.292 e. The average Bonchev–Trinajstić information content (AvgIpc) is 2.44. The molecule has 1 atom stereocenters. The fourth-order valence-corrected chi connectivity index (χ4v) is 2.50. The molecule has 0 spiro atoms. The Morgan fingerprint density at radius 3 is 2.62 bits per heavy atom. The van der Waals surface area contributed by atoms with Crippen molar-refractivity contribution in [3.05, 3.63) is 68.7 Å². The van der Waals surface area contributed by atoms with E-state index in [0.717, 1.165) is 12.1 Å². The molecule has 2 aromatic carbocycles. The normalized spacial score (nSPS) is 11.8. The highest BCUT2D eigenvalue weighted by Gasteiger charge is 2.27. The van der Waals surface area contributed by atoms with Gasteiger partial charge in [-0.3, -0.25) is 4.79 Å². The van der Waals surface area contributed by atoms with Crippen LogP contribution in [-0.2, 0) is 0 Å². The van der Waals surface area contributed by atoms with Crippen molar-refractivity contribution in [1.82, 2.24) is 0 Å². The summed E-state index contributed by atoms with van der Waals surface area (Å²) in [6.07, 6.45) is 0. The number of benzene rings is 2. The number of carbonyl (C=O) groups excluding carboxylic acids is 1. The van der Waals surface area contributed by atoms with E-state index in [2.05, 4.69) is 15.9 Å². The number of hydrogen-bond acceptors (Lipinski definition) is 2. The van der Waals surface area contributed by atoms with Crippen molar-refractivity contribution in [3.63, 3.8) is 0 Å². The maximum Gasteiger partial charge on any atom is 0.187 e. The average molecular weight is 371 g/mol. The standard InChI is InChI=1S/C15H7BrClF2NO/c16-12-3-1-2-10(14(12)19)15(21)11(7-20)9-5-4-8(18)6-13(9)17/h1-6,11H. The van der Waals surface area contributed by atoms with E-state index in [4.69, 9.17) is 11.6 Å². The van der Waals surface area contributed by atoms with Gasteiger partial charge in [0.1, 0.15) is 17.6 Å². The van der Waals surface area contributed by atoms with Crippen molar-refractivity contribution in [2.45, 2.75) is 5.92 Å². The van der Waals surface area contributed by atoms with Crippen LogP contribution >= 0.6 is 27.5 Å². The topological polar surface area (TPSA) is 40.9 Å². The number of ketones is 1. The number of nitrogens with zero attached hydrogens (tertiary/aromatic N) is 1. The fraction of sp³-hybridized carbons (Fsp3) is 0.0667. The minimum atomic E-state index is -1.30. The zero-order valence-corrected chi connectivity index (χ0v) is 12.8. The third kappa shape index (κ3) is 3.12. The lowest BCUT2D eigenvalue weighted by Gasteiger charge is -2.11. The molecule has 0 saturated carbocycles. The predicted octanol–water partition coefficient (Wildman–Crippen LogP) is 4.87. The SMILES string of the molecule is N#CC(C(=O)c1cccc(Br)c1F)c1ccc(F)cc1Cl. The molecule has 6 heteroatoms. The number of halogens is 4. The molecular formula is C15H7BrClF2NO. The molecule has 0 aliphatic rings. The monoisotopic (exact) mass is 369 g/mol. The summed E-state index contributed by atoms with van der Waals surface area (Å²) in [7, 11) is 0. The van der Waals surface area contributed by atoms with Gasteiger partial charge in [0.05, 0.1) is 16.1 Å². The first-order valence-corrected chi connectivity index (χ1v) is 6.95. The van der Waals surface area contributed by atoms with Gasteiger partial charge in [0, 0.05) is 5.02 Å². The van der Waals surface area contributed by atoms with Crippen LogP contribution in [0.2, 0.25) is 5.02 Å². The third-order valence-electron chi connectivity index (χ3n) is 2.88. The number of hydrogen-bond donors (Lipinski definition) is 0. The minimum absolute atomic E-state index is 0.0506. The second-order valence-corrected chi connectivity index (χ2v) is 5.46. The highest BCUT2D eigenvalue weighted by molar-refractivity contribution is 9.10. The lowest BCUT2D eigenvalue weighted by Crippen LogP contribution is -2.13. The lowest BCUT2D eigenvalue weighted by atomic mass is 9.91. The first-order valence-electron chi connectivity index (χ1n) is 5.78. The summed E-state index contributed by atoms with van der Waals surface area (Å²) >= 11 is 8.84. The summed E-state index contributed by atoms with van der Waals surface area (Å²) in [4.78, 5) is 12.4. The Morgan fingerprint density at radius 2 is 2.00 bits per heavy atom. The van der Waals surface area contributed by atoms with Crippen LogP contribution < -0.4 is 0 Å². The van der Waals surface area contributed by atoms with E-state index in [-0.39, 0.29) is 20.6 Å².